The lowest BCUT2D eigenvalue weighted by Gasteiger charge is -2.10. The molecule has 1 heterocycles. The first-order valence-electron chi connectivity index (χ1n) is 5.32. The van der Waals surface area contributed by atoms with Gasteiger partial charge < -0.3 is 10.2 Å². The number of aliphatic hydroxyl groups excluding tert-OH is 2. The number of halogens is 1. The van der Waals surface area contributed by atoms with E-state index in [9.17, 15) is 5.11 Å². The van der Waals surface area contributed by atoms with E-state index in [1.165, 1.54) is 0 Å². The van der Waals surface area contributed by atoms with Gasteiger partial charge in [-0.1, -0.05) is 11.6 Å². The van der Waals surface area contributed by atoms with Crippen LogP contribution in [0, 0.1) is 4.77 Å². The maximum absolute atomic E-state index is 9.49. The highest BCUT2D eigenvalue weighted by Crippen LogP contribution is 2.20. The molecule has 7 heteroatoms. The lowest BCUT2D eigenvalue weighted by Crippen LogP contribution is -2.20. The van der Waals surface area contributed by atoms with Crippen molar-refractivity contribution in [3.8, 4) is 11.4 Å². The molecule has 1 aromatic carbocycles. The fraction of sp³-hybridized carbons (Fsp3) is 0.273. The van der Waals surface area contributed by atoms with Crippen LogP contribution in [0.25, 0.3) is 11.4 Å². The highest BCUT2D eigenvalue weighted by molar-refractivity contribution is 7.71. The summed E-state index contributed by atoms with van der Waals surface area (Å²) in [6.45, 7) is -0.142. The van der Waals surface area contributed by atoms with E-state index in [4.69, 9.17) is 28.9 Å². The molecule has 1 unspecified atom stereocenters. The molecule has 0 aliphatic rings. The van der Waals surface area contributed by atoms with Gasteiger partial charge in [-0.05, 0) is 36.5 Å². The quantitative estimate of drug-likeness (QED) is 0.746. The Morgan fingerprint density at radius 1 is 1.39 bits per heavy atom. The Bertz CT molecular complexity index is 579. The number of rotatable bonds is 4. The van der Waals surface area contributed by atoms with Crippen molar-refractivity contribution < 1.29 is 10.2 Å². The van der Waals surface area contributed by atoms with Crippen molar-refractivity contribution in [2.45, 2.75) is 12.6 Å². The Kier molecular flexibility index (Phi) is 4.13. The van der Waals surface area contributed by atoms with Crippen molar-refractivity contribution in [2.75, 3.05) is 6.61 Å². The molecule has 5 nitrogen and oxygen atoms in total. The van der Waals surface area contributed by atoms with Crippen molar-refractivity contribution in [3.63, 3.8) is 0 Å². The third kappa shape index (κ3) is 2.78. The van der Waals surface area contributed by atoms with Crippen molar-refractivity contribution >= 4 is 23.8 Å². The molecule has 3 N–H and O–H groups in total. The average Bonchev–Trinajstić information content (AvgIpc) is 2.72. The molecule has 1 aromatic heterocycles. The van der Waals surface area contributed by atoms with Gasteiger partial charge in [0.1, 0.15) is 0 Å². The number of nitrogens with one attached hydrogen (secondary N) is 1. The fourth-order valence-electron chi connectivity index (χ4n) is 1.57. The van der Waals surface area contributed by atoms with Gasteiger partial charge in [0, 0.05) is 10.6 Å². The zero-order valence-electron chi connectivity index (χ0n) is 9.38. The number of aromatic nitrogens is 3. The predicted molar refractivity (Wildman–Crippen MR) is 71.0 cm³/mol. The second kappa shape index (κ2) is 5.62. The topological polar surface area (TPSA) is 74.1 Å². The van der Waals surface area contributed by atoms with Gasteiger partial charge >= 0.3 is 0 Å². The van der Waals surface area contributed by atoms with Crippen LogP contribution in [0.5, 0.6) is 0 Å². The Hall–Kier alpha value is -1.21. The smallest absolute Gasteiger partial charge is 0.195 e. The van der Waals surface area contributed by atoms with E-state index in [1.54, 1.807) is 16.7 Å². The van der Waals surface area contributed by atoms with Crippen molar-refractivity contribution in [2.24, 2.45) is 0 Å². The van der Waals surface area contributed by atoms with Crippen LogP contribution in [0.1, 0.15) is 0 Å². The summed E-state index contributed by atoms with van der Waals surface area (Å²) in [6, 6.07) is 7.13. The lowest BCUT2D eigenvalue weighted by molar-refractivity contribution is 0.0812. The van der Waals surface area contributed by atoms with Gasteiger partial charge in [0.2, 0.25) is 0 Å². The SMILES string of the molecule is OCC(O)Cn1c(-c2ccc(Cl)cc2)n[nH]c1=S. The molecule has 0 amide bonds. The monoisotopic (exact) mass is 285 g/mol. The van der Waals surface area contributed by atoms with Crippen LogP contribution >= 0.6 is 23.8 Å². The standard InChI is InChI=1S/C11H12ClN3O2S/c12-8-3-1-7(2-4-8)10-13-14-11(18)15(10)5-9(17)6-16/h1-4,9,16-17H,5-6H2,(H,14,18). The summed E-state index contributed by atoms with van der Waals surface area (Å²) in [5.74, 6) is 0.601. The van der Waals surface area contributed by atoms with E-state index in [-0.39, 0.29) is 13.2 Å². The summed E-state index contributed by atoms with van der Waals surface area (Å²) in [4.78, 5) is 0. The molecule has 0 spiro atoms. The van der Waals surface area contributed by atoms with Gasteiger partial charge in [0.15, 0.2) is 10.6 Å². The average molecular weight is 286 g/mol. The van der Waals surface area contributed by atoms with Crippen LogP contribution in [0.15, 0.2) is 24.3 Å². The summed E-state index contributed by atoms with van der Waals surface area (Å²) in [6.07, 6.45) is -0.875. The zero-order chi connectivity index (χ0) is 13.1. The highest BCUT2D eigenvalue weighted by atomic mass is 35.5. The Labute approximate surface area is 114 Å². The molecule has 0 saturated carbocycles. The van der Waals surface area contributed by atoms with E-state index in [2.05, 4.69) is 10.2 Å². The first-order valence-corrected chi connectivity index (χ1v) is 6.10. The van der Waals surface area contributed by atoms with Gasteiger partial charge in [-0.15, -0.1) is 0 Å². The van der Waals surface area contributed by atoms with Crippen LogP contribution in [0.3, 0.4) is 0 Å². The number of aliphatic hydroxyl groups is 2. The molecular formula is C11H12ClN3O2S. The van der Waals surface area contributed by atoms with Gasteiger partial charge in [-0.3, -0.25) is 9.67 Å². The Morgan fingerprint density at radius 2 is 2.06 bits per heavy atom. The lowest BCUT2D eigenvalue weighted by atomic mass is 10.2. The molecular weight excluding hydrogens is 274 g/mol. The van der Waals surface area contributed by atoms with Crippen LogP contribution in [0.4, 0.5) is 0 Å². The van der Waals surface area contributed by atoms with Crippen molar-refractivity contribution in [1.82, 2.24) is 14.8 Å². The summed E-state index contributed by atoms with van der Waals surface area (Å²) >= 11 is 10.9. The Balaban J connectivity index is 2.39. The normalized spacial score (nSPS) is 12.6. The third-order valence-corrected chi connectivity index (χ3v) is 3.03. The number of hydrogen-bond donors (Lipinski definition) is 3. The molecule has 0 saturated heterocycles. The summed E-state index contributed by atoms with van der Waals surface area (Å²) in [5.41, 5.74) is 0.830. The minimum absolute atomic E-state index is 0.184. The molecule has 0 fully saturated rings. The predicted octanol–water partition coefficient (Wildman–Crippen LogP) is 1.61. The Morgan fingerprint density at radius 3 is 2.67 bits per heavy atom. The van der Waals surface area contributed by atoms with E-state index < -0.39 is 6.10 Å². The highest BCUT2D eigenvalue weighted by Gasteiger charge is 2.12. The third-order valence-electron chi connectivity index (χ3n) is 2.46. The van der Waals surface area contributed by atoms with Crippen LogP contribution in [-0.4, -0.2) is 37.7 Å². The van der Waals surface area contributed by atoms with Gasteiger partial charge in [-0.2, -0.15) is 5.10 Å². The molecule has 0 aliphatic heterocycles. The maximum Gasteiger partial charge on any atom is 0.195 e. The first-order chi connectivity index (χ1) is 8.61. The number of aromatic amines is 1. The number of hydrogen-bond acceptors (Lipinski definition) is 4. The number of benzene rings is 1. The summed E-state index contributed by atoms with van der Waals surface area (Å²) < 4.78 is 2.03. The van der Waals surface area contributed by atoms with Crippen LogP contribution in [0.2, 0.25) is 5.02 Å². The van der Waals surface area contributed by atoms with E-state index >= 15 is 0 Å². The second-order valence-electron chi connectivity index (χ2n) is 3.81. The minimum Gasteiger partial charge on any atom is -0.394 e. The number of nitrogens with zero attached hydrogens (tertiary/aromatic N) is 2. The van der Waals surface area contributed by atoms with Crippen LogP contribution < -0.4 is 0 Å². The van der Waals surface area contributed by atoms with Gasteiger partial charge in [0.25, 0.3) is 0 Å². The largest absolute Gasteiger partial charge is 0.394 e. The summed E-state index contributed by atoms with van der Waals surface area (Å²) in [5, 5.41) is 25.8. The van der Waals surface area contributed by atoms with Crippen LogP contribution in [-0.2, 0) is 6.54 Å². The minimum atomic E-state index is -0.875. The first kappa shape index (κ1) is 13.2. The van der Waals surface area contributed by atoms with Gasteiger partial charge in [0.05, 0.1) is 19.3 Å². The molecule has 18 heavy (non-hydrogen) atoms. The molecule has 0 radical (unpaired) electrons. The fourth-order valence-corrected chi connectivity index (χ4v) is 1.91. The molecule has 2 aromatic rings. The second-order valence-corrected chi connectivity index (χ2v) is 4.63. The van der Waals surface area contributed by atoms with E-state index in [0.29, 0.717) is 15.6 Å². The van der Waals surface area contributed by atoms with Crippen molar-refractivity contribution in [1.29, 1.82) is 0 Å². The maximum atomic E-state index is 9.49. The van der Waals surface area contributed by atoms with Crippen molar-refractivity contribution in [3.05, 3.63) is 34.1 Å². The molecule has 1 atom stereocenters. The van der Waals surface area contributed by atoms with Gasteiger partial charge in [-0.25, -0.2) is 0 Å². The molecule has 0 bridgehead atoms. The zero-order valence-corrected chi connectivity index (χ0v) is 10.9. The van der Waals surface area contributed by atoms with E-state index in [1.807, 2.05) is 12.1 Å². The molecule has 96 valence electrons. The van der Waals surface area contributed by atoms with E-state index in [0.717, 1.165) is 5.56 Å². The number of H-pyrrole nitrogens is 1. The summed E-state index contributed by atoms with van der Waals surface area (Å²) in [7, 11) is 0. The molecule has 2 rings (SSSR count). The molecule has 0 aliphatic carbocycles.